The minimum absolute atomic E-state index is 0.0114. The summed E-state index contributed by atoms with van der Waals surface area (Å²) in [6.45, 7) is 4.42. The van der Waals surface area contributed by atoms with Gasteiger partial charge in [-0.25, -0.2) is 0 Å². The van der Waals surface area contributed by atoms with Gasteiger partial charge in [-0.1, -0.05) is 25.1 Å². The van der Waals surface area contributed by atoms with Gasteiger partial charge in [0.05, 0.1) is 0 Å². The van der Waals surface area contributed by atoms with E-state index in [9.17, 15) is 4.79 Å². The smallest absolute Gasteiger partial charge is 0.251 e. The van der Waals surface area contributed by atoms with Crippen LogP contribution in [0.2, 0.25) is 0 Å². The average Bonchev–Trinajstić information content (AvgIpc) is 2.25. The molecule has 0 aliphatic carbocycles. The molecule has 0 aromatic heterocycles. The molecule has 0 radical (unpaired) electrons. The summed E-state index contributed by atoms with van der Waals surface area (Å²) in [6.07, 6.45) is 0.863. The highest BCUT2D eigenvalue weighted by Gasteiger charge is 2.09. The first kappa shape index (κ1) is 11.7. The number of nitrogens with one attached hydrogen (secondary N) is 1. The molecular weight excluding hydrogens is 188 g/mol. The molecule has 0 bridgehead atoms. The highest BCUT2D eigenvalue weighted by atomic mass is 16.1. The van der Waals surface area contributed by atoms with Crippen molar-refractivity contribution < 1.29 is 4.79 Å². The van der Waals surface area contributed by atoms with E-state index in [1.54, 1.807) is 0 Å². The highest BCUT2D eigenvalue weighted by Crippen LogP contribution is 2.08. The first-order valence-electron chi connectivity index (χ1n) is 5.26. The molecule has 82 valence electrons. The van der Waals surface area contributed by atoms with E-state index in [4.69, 9.17) is 5.73 Å². The van der Waals surface area contributed by atoms with Crippen molar-refractivity contribution in [2.75, 3.05) is 6.54 Å². The Kier molecular flexibility index (Phi) is 4.31. The van der Waals surface area contributed by atoms with Gasteiger partial charge in [0.1, 0.15) is 0 Å². The Balaban J connectivity index is 2.72. The first-order chi connectivity index (χ1) is 7.15. The maximum atomic E-state index is 11.8. The topological polar surface area (TPSA) is 55.1 Å². The molecule has 1 rings (SSSR count). The quantitative estimate of drug-likeness (QED) is 0.780. The van der Waals surface area contributed by atoms with E-state index >= 15 is 0 Å². The van der Waals surface area contributed by atoms with Crippen LogP contribution < -0.4 is 11.1 Å². The Morgan fingerprint density at radius 2 is 2.13 bits per heavy atom. The van der Waals surface area contributed by atoms with Gasteiger partial charge < -0.3 is 11.1 Å². The fraction of sp³-hybridized carbons (Fsp3) is 0.417. The summed E-state index contributed by atoms with van der Waals surface area (Å²) in [6, 6.07) is 7.62. The molecule has 0 saturated heterocycles. The zero-order valence-electron chi connectivity index (χ0n) is 9.29. The van der Waals surface area contributed by atoms with Gasteiger partial charge in [-0.15, -0.1) is 0 Å². The van der Waals surface area contributed by atoms with E-state index in [-0.39, 0.29) is 11.9 Å². The molecule has 0 aliphatic rings. The molecule has 1 aromatic rings. The highest BCUT2D eigenvalue weighted by molar-refractivity contribution is 5.95. The molecule has 1 aromatic carbocycles. The minimum atomic E-state index is -0.0373. The molecular formula is C12H18N2O. The van der Waals surface area contributed by atoms with E-state index in [0.717, 1.165) is 17.5 Å². The van der Waals surface area contributed by atoms with Crippen LogP contribution in [0.15, 0.2) is 24.3 Å². The van der Waals surface area contributed by atoms with Crippen molar-refractivity contribution >= 4 is 5.91 Å². The monoisotopic (exact) mass is 206 g/mol. The number of aryl methyl sites for hydroxylation is 1. The Hall–Kier alpha value is -1.35. The standard InChI is InChI=1S/C12H18N2O/c1-3-10-6-4-5-7-11(10)12(15)14-8-9(2)13/h4-7,9H,3,8,13H2,1-2H3,(H,14,15). The number of hydrogen-bond acceptors (Lipinski definition) is 2. The van der Waals surface area contributed by atoms with Crippen molar-refractivity contribution in [2.24, 2.45) is 5.73 Å². The summed E-state index contributed by atoms with van der Waals surface area (Å²) in [4.78, 5) is 11.8. The van der Waals surface area contributed by atoms with Gasteiger partial charge in [-0.3, -0.25) is 4.79 Å². The maximum absolute atomic E-state index is 11.8. The van der Waals surface area contributed by atoms with Crippen LogP contribution in [0.3, 0.4) is 0 Å². The SMILES string of the molecule is CCc1ccccc1C(=O)NCC(C)N. The van der Waals surface area contributed by atoms with Gasteiger partial charge in [0.2, 0.25) is 0 Å². The molecule has 0 spiro atoms. The minimum Gasteiger partial charge on any atom is -0.350 e. The van der Waals surface area contributed by atoms with E-state index in [1.807, 2.05) is 38.1 Å². The Labute approximate surface area is 90.7 Å². The zero-order chi connectivity index (χ0) is 11.3. The fourth-order valence-corrected chi connectivity index (χ4v) is 1.40. The van der Waals surface area contributed by atoms with E-state index < -0.39 is 0 Å². The van der Waals surface area contributed by atoms with E-state index in [1.165, 1.54) is 0 Å². The summed E-state index contributed by atoms with van der Waals surface area (Å²) in [5.74, 6) is -0.0373. The van der Waals surface area contributed by atoms with Gasteiger partial charge in [-0.2, -0.15) is 0 Å². The van der Waals surface area contributed by atoms with Crippen LogP contribution in [-0.2, 0) is 6.42 Å². The van der Waals surface area contributed by atoms with E-state index in [2.05, 4.69) is 5.32 Å². The van der Waals surface area contributed by atoms with E-state index in [0.29, 0.717) is 6.54 Å². The summed E-state index contributed by atoms with van der Waals surface area (Å²) < 4.78 is 0. The lowest BCUT2D eigenvalue weighted by Crippen LogP contribution is -2.35. The number of carbonyl (C=O) groups excluding carboxylic acids is 1. The second kappa shape index (κ2) is 5.51. The number of nitrogens with two attached hydrogens (primary N) is 1. The van der Waals surface area contributed by atoms with Gasteiger partial charge in [0, 0.05) is 18.2 Å². The predicted octanol–water partition coefficient (Wildman–Crippen LogP) is 1.33. The van der Waals surface area contributed by atoms with Gasteiger partial charge in [0.15, 0.2) is 0 Å². The second-order valence-electron chi connectivity index (χ2n) is 3.70. The largest absolute Gasteiger partial charge is 0.350 e. The Bertz CT molecular complexity index is 334. The van der Waals surface area contributed by atoms with Gasteiger partial charge >= 0.3 is 0 Å². The lowest BCUT2D eigenvalue weighted by molar-refractivity contribution is 0.0951. The molecule has 3 heteroatoms. The molecule has 3 nitrogen and oxygen atoms in total. The Morgan fingerprint density at radius 1 is 1.47 bits per heavy atom. The lowest BCUT2D eigenvalue weighted by atomic mass is 10.0. The molecule has 3 N–H and O–H groups in total. The maximum Gasteiger partial charge on any atom is 0.251 e. The summed E-state index contributed by atoms with van der Waals surface area (Å²) in [5, 5.41) is 2.81. The predicted molar refractivity (Wildman–Crippen MR) is 61.8 cm³/mol. The molecule has 1 amide bonds. The van der Waals surface area contributed by atoms with Gasteiger partial charge in [0.25, 0.3) is 5.91 Å². The number of amides is 1. The average molecular weight is 206 g/mol. The number of hydrogen-bond donors (Lipinski definition) is 2. The molecule has 0 aliphatic heterocycles. The van der Waals surface area contributed by atoms with Crippen LogP contribution in [0.25, 0.3) is 0 Å². The van der Waals surface area contributed by atoms with Crippen molar-refractivity contribution in [1.82, 2.24) is 5.32 Å². The number of rotatable bonds is 4. The van der Waals surface area contributed by atoms with Crippen molar-refractivity contribution in [2.45, 2.75) is 26.3 Å². The summed E-state index contributed by atoms with van der Waals surface area (Å²) >= 11 is 0. The molecule has 1 atom stereocenters. The van der Waals surface area contributed by atoms with Crippen molar-refractivity contribution in [3.63, 3.8) is 0 Å². The molecule has 0 heterocycles. The third kappa shape index (κ3) is 3.36. The lowest BCUT2D eigenvalue weighted by Gasteiger charge is -2.10. The van der Waals surface area contributed by atoms with Crippen molar-refractivity contribution in [3.8, 4) is 0 Å². The number of carbonyl (C=O) groups is 1. The molecule has 0 fully saturated rings. The summed E-state index contributed by atoms with van der Waals surface area (Å²) in [7, 11) is 0. The Morgan fingerprint density at radius 3 is 2.73 bits per heavy atom. The van der Waals surface area contributed by atoms with Crippen LogP contribution in [0.4, 0.5) is 0 Å². The van der Waals surface area contributed by atoms with Crippen molar-refractivity contribution in [1.29, 1.82) is 0 Å². The third-order valence-corrected chi connectivity index (χ3v) is 2.23. The van der Waals surface area contributed by atoms with Crippen LogP contribution in [0.1, 0.15) is 29.8 Å². The number of benzene rings is 1. The normalized spacial score (nSPS) is 12.2. The van der Waals surface area contributed by atoms with Crippen LogP contribution in [0, 0.1) is 0 Å². The first-order valence-corrected chi connectivity index (χ1v) is 5.26. The molecule has 15 heavy (non-hydrogen) atoms. The second-order valence-corrected chi connectivity index (χ2v) is 3.70. The van der Waals surface area contributed by atoms with Crippen LogP contribution in [-0.4, -0.2) is 18.5 Å². The fourth-order valence-electron chi connectivity index (χ4n) is 1.40. The molecule has 0 saturated carbocycles. The van der Waals surface area contributed by atoms with Crippen LogP contribution >= 0.6 is 0 Å². The zero-order valence-corrected chi connectivity index (χ0v) is 9.29. The van der Waals surface area contributed by atoms with Gasteiger partial charge in [-0.05, 0) is 25.0 Å². The summed E-state index contributed by atoms with van der Waals surface area (Å²) in [5.41, 5.74) is 7.39. The third-order valence-electron chi connectivity index (χ3n) is 2.23. The molecule has 1 unspecified atom stereocenters. The van der Waals surface area contributed by atoms with Crippen molar-refractivity contribution in [3.05, 3.63) is 35.4 Å². The van der Waals surface area contributed by atoms with Crippen LogP contribution in [0.5, 0.6) is 0 Å².